The minimum atomic E-state index is -0.821. The summed E-state index contributed by atoms with van der Waals surface area (Å²) in [5.74, 6) is -0.121. The zero-order valence-electron chi connectivity index (χ0n) is 12.5. The molecule has 2 rings (SSSR count). The van der Waals surface area contributed by atoms with E-state index in [2.05, 4.69) is 10.3 Å². The van der Waals surface area contributed by atoms with E-state index in [1.54, 1.807) is 19.4 Å². The molecule has 0 saturated heterocycles. The van der Waals surface area contributed by atoms with Gasteiger partial charge in [0.05, 0.1) is 17.6 Å². The third kappa shape index (κ3) is 3.70. The maximum Gasteiger partial charge on any atom is 0.240 e. The molecule has 0 aliphatic carbocycles. The lowest BCUT2D eigenvalue weighted by molar-refractivity contribution is -0.126. The number of hydrogen-bond acceptors (Lipinski definition) is 3. The van der Waals surface area contributed by atoms with Gasteiger partial charge in [0.1, 0.15) is 0 Å². The van der Waals surface area contributed by atoms with Crippen LogP contribution in [0, 0.1) is 0 Å². The van der Waals surface area contributed by atoms with Crippen molar-refractivity contribution in [1.82, 2.24) is 14.9 Å². The van der Waals surface area contributed by atoms with Crippen LogP contribution < -0.4 is 11.1 Å². The molecule has 1 heterocycles. The van der Waals surface area contributed by atoms with Crippen molar-refractivity contribution in [3.8, 4) is 5.69 Å². The molecule has 5 nitrogen and oxygen atoms in total. The summed E-state index contributed by atoms with van der Waals surface area (Å²) < 4.78 is 1.93. The van der Waals surface area contributed by atoms with Gasteiger partial charge in [-0.2, -0.15) is 0 Å². The van der Waals surface area contributed by atoms with E-state index in [4.69, 9.17) is 5.73 Å². The summed E-state index contributed by atoms with van der Waals surface area (Å²) >= 11 is 0. The zero-order chi connectivity index (χ0) is 15.3. The van der Waals surface area contributed by atoms with Crippen LogP contribution in [0.25, 0.3) is 5.69 Å². The first-order valence-corrected chi connectivity index (χ1v) is 7.18. The van der Waals surface area contributed by atoms with Crippen LogP contribution >= 0.6 is 0 Å². The van der Waals surface area contributed by atoms with Crippen molar-refractivity contribution >= 4 is 5.91 Å². The molecular weight excluding hydrogens is 264 g/mol. The van der Waals surface area contributed by atoms with Gasteiger partial charge in [-0.25, -0.2) is 4.98 Å². The van der Waals surface area contributed by atoms with Crippen molar-refractivity contribution < 1.29 is 4.79 Å². The Balaban J connectivity index is 2.09. The van der Waals surface area contributed by atoms with Crippen LogP contribution in [0.2, 0.25) is 0 Å². The van der Waals surface area contributed by atoms with Crippen molar-refractivity contribution in [2.24, 2.45) is 5.73 Å². The molecule has 0 bridgehead atoms. The molecule has 112 valence electrons. The van der Waals surface area contributed by atoms with Crippen LogP contribution in [-0.2, 0) is 11.3 Å². The molecular formula is C16H22N4O. The molecule has 1 aromatic heterocycles. The van der Waals surface area contributed by atoms with Gasteiger partial charge in [-0.05, 0) is 25.0 Å². The Morgan fingerprint density at radius 3 is 2.86 bits per heavy atom. The molecule has 0 aliphatic heterocycles. The third-order valence-electron chi connectivity index (χ3n) is 3.50. The van der Waals surface area contributed by atoms with Gasteiger partial charge in [0.15, 0.2) is 0 Å². The summed E-state index contributed by atoms with van der Waals surface area (Å²) in [4.78, 5) is 16.2. The van der Waals surface area contributed by atoms with Crippen molar-refractivity contribution in [1.29, 1.82) is 0 Å². The minimum Gasteiger partial charge on any atom is -0.350 e. The number of nitrogens with one attached hydrogen (secondary N) is 1. The van der Waals surface area contributed by atoms with E-state index in [9.17, 15) is 4.79 Å². The summed E-state index contributed by atoms with van der Waals surface area (Å²) in [6.45, 7) is 4.24. The Hall–Kier alpha value is -2.14. The van der Waals surface area contributed by atoms with Gasteiger partial charge in [-0.1, -0.05) is 31.5 Å². The van der Waals surface area contributed by atoms with Crippen LogP contribution in [0.5, 0.6) is 0 Å². The number of nitrogens with zero attached hydrogens (tertiary/aromatic N) is 2. The number of aromatic nitrogens is 2. The number of rotatable bonds is 6. The summed E-state index contributed by atoms with van der Waals surface area (Å²) in [5.41, 5.74) is 7.25. The Labute approximate surface area is 125 Å². The van der Waals surface area contributed by atoms with E-state index in [-0.39, 0.29) is 5.91 Å². The Morgan fingerprint density at radius 1 is 1.43 bits per heavy atom. The smallest absolute Gasteiger partial charge is 0.240 e. The normalized spacial score (nSPS) is 13.7. The maximum absolute atomic E-state index is 12.2. The number of para-hydroxylation sites is 1. The van der Waals surface area contributed by atoms with Crippen molar-refractivity contribution in [3.05, 3.63) is 48.5 Å². The molecule has 1 atom stereocenters. The van der Waals surface area contributed by atoms with Crippen LogP contribution in [0.15, 0.2) is 43.0 Å². The standard InChI is InChI=1S/C16H22N4O/c1-3-8-16(2,17)15(21)19-11-13-6-4-5-7-14(13)20-10-9-18-12-20/h4-7,9-10,12H,3,8,11,17H2,1-2H3,(H,19,21). The molecule has 1 amide bonds. The quantitative estimate of drug-likeness (QED) is 0.853. The van der Waals surface area contributed by atoms with E-state index in [1.165, 1.54) is 0 Å². The lowest BCUT2D eigenvalue weighted by Gasteiger charge is -2.23. The van der Waals surface area contributed by atoms with Gasteiger partial charge in [0.25, 0.3) is 0 Å². The predicted octanol–water partition coefficient (Wildman–Crippen LogP) is 2.01. The first-order valence-electron chi connectivity index (χ1n) is 7.18. The van der Waals surface area contributed by atoms with Gasteiger partial charge in [-0.3, -0.25) is 4.79 Å². The first-order chi connectivity index (χ1) is 10.0. The number of imidazole rings is 1. The molecule has 21 heavy (non-hydrogen) atoms. The summed E-state index contributed by atoms with van der Waals surface area (Å²) in [6, 6.07) is 7.90. The highest BCUT2D eigenvalue weighted by atomic mass is 16.2. The second kappa shape index (κ2) is 6.54. The molecule has 3 N–H and O–H groups in total. The number of benzene rings is 1. The number of hydrogen-bond donors (Lipinski definition) is 2. The lowest BCUT2D eigenvalue weighted by Crippen LogP contribution is -2.51. The molecule has 1 aromatic carbocycles. The van der Waals surface area contributed by atoms with Crippen LogP contribution in [-0.4, -0.2) is 21.0 Å². The van der Waals surface area contributed by atoms with E-state index in [0.29, 0.717) is 13.0 Å². The molecule has 1 unspecified atom stereocenters. The molecule has 5 heteroatoms. The monoisotopic (exact) mass is 286 g/mol. The Kier molecular flexibility index (Phi) is 4.75. The average molecular weight is 286 g/mol. The maximum atomic E-state index is 12.2. The van der Waals surface area contributed by atoms with E-state index in [0.717, 1.165) is 17.7 Å². The number of carbonyl (C=O) groups excluding carboxylic acids is 1. The average Bonchev–Trinajstić information content (AvgIpc) is 2.99. The first kappa shape index (κ1) is 15.3. The second-order valence-corrected chi connectivity index (χ2v) is 5.45. The van der Waals surface area contributed by atoms with Gasteiger partial charge >= 0.3 is 0 Å². The highest BCUT2D eigenvalue weighted by Crippen LogP contribution is 2.15. The largest absolute Gasteiger partial charge is 0.350 e. The molecule has 0 spiro atoms. The lowest BCUT2D eigenvalue weighted by atomic mass is 9.96. The van der Waals surface area contributed by atoms with Crippen LogP contribution in [0.4, 0.5) is 0 Å². The Bertz CT molecular complexity index is 590. The molecule has 0 fully saturated rings. The van der Waals surface area contributed by atoms with Crippen LogP contribution in [0.1, 0.15) is 32.3 Å². The fourth-order valence-corrected chi connectivity index (χ4v) is 2.32. The fraction of sp³-hybridized carbons (Fsp3) is 0.375. The van der Waals surface area contributed by atoms with Crippen molar-refractivity contribution in [3.63, 3.8) is 0 Å². The summed E-state index contributed by atoms with van der Waals surface area (Å²) in [5, 5.41) is 2.93. The van der Waals surface area contributed by atoms with Gasteiger partial charge in [0.2, 0.25) is 5.91 Å². The molecule has 2 aromatic rings. The SMILES string of the molecule is CCCC(C)(N)C(=O)NCc1ccccc1-n1ccnc1. The number of carbonyl (C=O) groups is 1. The predicted molar refractivity (Wildman–Crippen MR) is 82.9 cm³/mol. The molecule has 0 saturated carbocycles. The van der Waals surface area contributed by atoms with E-state index >= 15 is 0 Å². The highest BCUT2D eigenvalue weighted by molar-refractivity contribution is 5.85. The van der Waals surface area contributed by atoms with Crippen LogP contribution in [0.3, 0.4) is 0 Å². The number of amides is 1. The summed E-state index contributed by atoms with van der Waals surface area (Å²) in [6.07, 6.45) is 6.90. The highest BCUT2D eigenvalue weighted by Gasteiger charge is 2.26. The molecule has 0 radical (unpaired) electrons. The zero-order valence-corrected chi connectivity index (χ0v) is 12.5. The van der Waals surface area contributed by atoms with Crippen molar-refractivity contribution in [2.45, 2.75) is 38.8 Å². The van der Waals surface area contributed by atoms with Gasteiger partial charge < -0.3 is 15.6 Å². The van der Waals surface area contributed by atoms with Crippen molar-refractivity contribution in [2.75, 3.05) is 0 Å². The summed E-state index contributed by atoms with van der Waals surface area (Å²) in [7, 11) is 0. The third-order valence-corrected chi connectivity index (χ3v) is 3.50. The van der Waals surface area contributed by atoms with Gasteiger partial charge in [0, 0.05) is 18.9 Å². The number of nitrogens with two attached hydrogens (primary N) is 1. The van der Waals surface area contributed by atoms with E-state index in [1.807, 2.05) is 42.0 Å². The van der Waals surface area contributed by atoms with E-state index < -0.39 is 5.54 Å². The van der Waals surface area contributed by atoms with Gasteiger partial charge in [-0.15, -0.1) is 0 Å². The Morgan fingerprint density at radius 2 is 2.19 bits per heavy atom. The second-order valence-electron chi connectivity index (χ2n) is 5.45. The fourth-order valence-electron chi connectivity index (χ4n) is 2.32. The molecule has 0 aliphatic rings. The topological polar surface area (TPSA) is 72.9 Å². The minimum absolute atomic E-state index is 0.121.